The molecule has 0 aliphatic carbocycles. The Bertz CT molecular complexity index is 528. The standard InChI is InChI=1S/C19H26N2/c1-4-10-21-18(13-17-8-11-20-12-9-17)14-19-15(2)6-5-7-16(19)3/h5-9,11-12,18,21H,4,10,13-14H2,1-3H3. The lowest BCUT2D eigenvalue weighted by Gasteiger charge is -2.21. The smallest absolute Gasteiger partial charge is 0.0270 e. The van der Waals surface area contributed by atoms with Crippen LogP contribution in [0.25, 0.3) is 0 Å². The molecule has 1 aromatic carbocycles. The van der Waals surface area contributed by atoms with Gasteiger partial charge in [0, 0.05) is 18.4 Å². The van der Waals surface area contributed by atoms with Gasteiger partial charge in [-0.1, -0.05) is 25.1 Å². The molecule has 1 N–H and O–H groups in total. The number of nitrogens with zero attached hydrogens (tertiary/aromatic N) is 1. The minimum Gasteiger partial charge on any atom is -0.313 e. The molecule has 2 nitrogen and oxygen atoms in total. The van der Waals surface area contributed by atoms with Gasteiger partial charge in [0.15, 0.2) is 0 Å². The molecule has 21 heavy (non-hydrogen) atoms. The van der Waals surface area contributed by atoms with Crippen molar-refractivity contribution in [3.05, 3.63) is 65.0 Å². The van der Waals surface area contributed by atoms with Crippen LogP contribution in [0.15, 0.2) is 42.7 Å². The molecule has 0 radical (unpaired) electrons. The maximum atomic E-state index is 4.11. The SMILES string of the molecule is CCCNC(Cc1ccncc1)Cc1c(C)cccc1C. The van der Waals surface area contributed by atoms with Gasteiger partial charge < -0.3 is 5.32 Å². The van der Waals surface area contributed by atoms with Crippen LogP contribution < -0.4 is 5.32 Å². The van der Waals surface area contributed by atoms with E-state index in [1.807, 2.05) is 12.4 Å². The highest BCUT2D eigenvalue weighted by atomic mass is 14.9. The second-order valence-corrected chi connectivity index (χ2v) is 5.79. The molecule has 0 amide bonds. The van der Waals surface area contributed by atoms with Gasteiger partial charge in [-0.2, -0.15) is 0 Å². The maximum absolute atomic E-state index is 4.11. The molecule has 2 heteroatoms. The Labute approximate surface area is 128 Å². The summed E-state index contributed by atoms with van der Waals surface area (Å²) in [5.74, 6) is 0. The predicted octanol–water partition coefficient (Wildman–Crippen LogP) is 3.85. The Kier molecular flexibility index (Phi) is 5.94. The number of aromatic nitrogens is 1. The molecule has 0 spiro atoms. The maximum Gasteiger partial charge on any atom is 0.0270 e. The topological polar surface area (TPSA) is 24.9 Å². The van der Waals surface area contributed by atoms with Crippen molar-refractivity contribution in [3.63, 3.8) is 0 Å². The van der Waals surface area contributed by atoms with E-state index in [1.165, 1.54) is 28.7 Å². The first-order valence-electron chi connectivity index (χ1n) is 7.88. The van der Waals surface area contributed by atoms with Gasteiger partial charge >= 0.3 is 0 Å². The summed E-state index contributed by atoms with van der Waals surface area (Å²) in [5, 5.41) is 3.70. The second kappa shape index (κ2) is 7.94. The van der Waals surface area contributed by atoms with Crippen molar-refractivity contribution in [1.29, 1.82) is 0 Å². The van der Waals surface area contributed by atoms with Gasteiger partial charge in [-0.3, -0.25) is 4.98 Å². The van der Waals surface area contributed by atoms with E-state index in [9.17, 15) is 0 Å². The molecule has 2 rings (SSSR count). The molecule has 0 aliphatic rings. The zero-order valence-electron chi connectivity index (χ0n) is 13.4. The molecule has 0 saturated heterocycles. The van der Waals surface area contributed by atoms with Crippen molar-refractivity contribution in [2.45, 2.75) is 46.1 Å². The third-order valence-electron chi connectivity index (χ3n) is 4.01. The summed E-state index contributed by atoms with van der Waals surface area (Å²) in [6.45, 7) is 7.72. The van der Waals surface area contributed by atoms with Crippen LogP contribution in [-0.4, -0.2) is 17.6 Å². The van der Waals surface area contributed by atoms with Gasteiger partial charge in [0.25, 0.3) is 0 Å². The van der Waals surface area contributed by atoms with E-state index < -0.39 is 0 Å². The fraction of sp³-hybridized carbons (Fsp3) is 0.421. The van der Waals surface area contributed by atoms with Crippen LogP contribution >= 0.6 is 0 Å². The fourth-order valence-corrected chi connectivity index (χ4v) is 2.79. The normalized spacial score (nSPS) is 12.3. The largest absolute Gasteiger partial charge is 0.313 e. The summed E-state index contributed by atoms with van der Waals surface area (Å²) in [6.07, 6.45) is 7.06. The number of nitrogens with one attached hydrogen (secondary N) is 1. The molecule has 0 fully saturated rings. The van der Waals surface area contributed by atoms with Crippen LogP contribution in [0.3, 0.4) is 0 Å². The van der Waals surface area contributed by atoms with E-state index >= 15 is 0 Å². The first kappa shape index (κ1) is 15.7. The fourth-order valence-electron chi connectivity index (χ4n) is 2.79. The first-order valence-corrected chi connectivity index (χ1v) is 7.88. The number of hydrogen-bond acceptors (Lipinski definition) is 2. The van der Waals surface area contributed by atoms with Gasteiger partial charge in [0.1, 0.15) is 0 Å². The van der Waals surface area contributed by atoms with Gasteiger partial charge in [-0.15, -0.1) is 0 Å². The lowest BCUT2D eigenvalue weighted by Crippen LogP contribution is -2.34. The summed E-state index contributed by atoms with van der Waals surface area (Å²) < 4.78 is 0. The Balaban J connectivity index is 2.12. The third kappa shape index (κ3) is 4.68. The zero-order valence-corrected chi connectivity index (χ0v) is 13.4. The molecule has 1 heterocycles. The molecule has 0 aliphatic heterocycles. The van der Waals surface area contributed by atoms with Gasteiger partial charge in [0.2, 0.25) is 0 Å². The molecule has 0 saturated carbocycles. The predicted molar refractivity (Wildman–Crippen MR) is 89.6 cm³/mol. The lowest BCUT2D eigenvalue weighted by molar-refractivity contribution is 0.503. The molecular formula is C19H26N2. The Morgan fingerprint density at radius 2 is 1.67 bits per heavy atom. The molecule has 2 aromatic rings. The summed E-state index contributed by atoms with van der Waals surface area (Å²) in [6, 6.07) is 11.3. The van der Waals surface area contributed by atoms with Crippen molar-refractivity contribution in [1.82, 2.24) is 10.3 Å². The average molecular weight is 282 g/mol. The Hall–Kier alpha value is -1.67. The van der Waals surface area contributed by atoms with Crippen LogP contribution in [0.4, 0.5) is 0 Å². The van der Waals surface area contributed by atoms with Crippen molar-refractivity contribution < 1.29 is 0 Å². The minimum atomic E-state index is 0.479. The van der Waals surface area contributed by atoms with Gasteiger partial charge in [0.05, 0.1) is 0 Å². The summed E-state index contributed by atoms with van der Waals surface area (Å²) >= 11 is 0. The number of rotatable bonds is 7. The van der Waals surface area contributed by atoms with Gasteiger partial charge in [-0.25, -0.2) is 0 Å². The number of benzene rings is 1. The van der Waals surface area contributed by atoms with Crippen molar-refractivity contribution in [2.75, 3.05) is 6.54 Å². The summed E-state index contributed by atoms with van der Waals surface area (Å²) in [4.78, 5) is 4.11. The summed E-state index contributed by atoms with van der Waals surface area (Å²) in [7, 11) is 0. The van der Waals surface area contributed by atoms with Crippen LogP contribution in [-0.2, 0) is 12.8 Å². The highest BCUT2D eigenvalue weighted by Gasteiger charge is 2.12. The number of pyridine rings is 1. The Morgan fingerprint density at radius 1 is 1.00 bits per heavy atom. The van der Waals surface area contributed by atoms with E-state index in [2.05, 4.69) is 61.4 Å². The monoisotopic (exact) mass is 282 g/mol. The lowest BCUT2D eigenvalue weighted by atomic mass is 9.93. The minimum absolute atomic E-state index is 0.479. The van der Waals surface area contributed by atoms with Gasteiger partial charge in [-0.05, 0) is 74.0 Å². The first-order chi connectivity index (χ1) is 10.2. The zero-order chi connectivity index (χ0) is 15.1. The Morgan fingerprint density at radius 3 is 2.29 bits per heavy atom. The summed E-state index contributed by atoms with van der Waals surface area (Å²) in [5.41, 5.74) is 5.63. The molecule has 1 unspecified atom stereocenters. The van der Waals surface area contributed by atoms with Crippen molar-refractivity contribution in [3.8, 4) is 0 Å². The van der Waals surface area contributed by atoms with E-state index in [0.29, 0.717) is 6.04 Å². The van der Waals surface area contributed by atoms with Crippen LogP contribution in [0.5, 0.6) is 0 Å². The van der Waals surface area contributed by atoms with Crippen molar-refractivity contribution in [2.24, 2.45) is 0 Å². The van der Waals surface area contributed by atoms with Crippen molar-refractivity contribution >= 4 is 0 Å². The third-order valence-corrected chi connectivity index (χ3v) is 4.01. The number of hydrogen-bond donors (Lipinski definition) is 1. The average Bonchev–Trinajstić information content (AvgIpc) is 2.49. The molecule has 112 valence electrons. The van der Waals surface area contributed by atoms with E-state index in [0.717, 1.165) is 19.4 Å². The van der Waals surface area contributed by atoms with Crippen LogP contribution in [0.1, 0.15) is 35.6 Å². The van der Waals surface area contributed by atoms with Crippen LogP contribution in [0, 0.1) is 13.8 Å². The quantitative estimate of drug-likeness (QED) is 0.834. The second-order valence-electron chi connectivity index (χ2n) is 5.79. The molecule has 1 atom stereocenters. The highest BCUT2D eigenvalue weighted by molar-refractivity contribution is 5.34. The molecular weight excluding hydrogens is 256 g/mol. The molecule has 0 bridgehead atoms. The highest BCUT2D eigenvalue weighted by Crippen LogP contribution is 2.17. The van der Waals surface area contributed by atoms with E-state index in [4.69, 9.17) is 0 Å². The van der Waals surface area contributed by atoms with E-state index in [-0.39, 0.29) is 0 Å². The molecule has 1 aromatic heterocycles. The number of aryl methyl sites for hydroxylation is 2. The van der Waals surface area contributed by atoms with Crippen LogP contribution in [0.2, 0.25) is 0 Å². The van der Waals surface area contributed by atoms with E-state index in [1.54, 1.807) is 0 Å².